The second-order valence-electron chi connectivity index (χ2n) is 3.82. The third kappa shape index (κ3) is 3.11. The molecular weight excluding hydrogens is 218 g/mol. The summed E-state index contributed by atoms with van der Waals surface area (Å²) in [5.41, 5.74) is 7.42. The van der Waals surface area contributed by atoms with Gasteiger partial charge < -0.3 is 19.9 Å². The van der Waals surface area contributed by atoms with Gasteiger partial charge in [0.15, 0.2) is 0 Å². The van der Waals surface area contributed by atoms with Gasteiger partial charge in [-0.1, -0.05) is 0 Å². The average Bonchev–Trinajstić information content (AvgIpc) is 2.35. The molecule has 1 atom stereocenters. The minimum Gasteiger partial charge on any atom is -0.496 e. The van der Waals surface area contributed by atoms with Gasteiger partial charge >= 0.3 is 0 Å². The summed E-state index contributed by atoms with van der Waals surface area (Å²) >= 11 is 0. The number of rotatable bonds is 6. The molecule has 0 saturated heterocycles. The molecule has 0 spiro atoms. The van der Waals surface area contributed by atoms with E-state index in [-0.39, 0.29) is 6.10 Å². The summed E-state index contributed by atoms with van der Waals surface area (Å²) in [6, 6.07) is 3.89. The Balaban J connectivity index is 3.03. The zero-order valence-corrected chi connectivity index (χ0v) is 10.9. The Morgan fingerprint density at radius 3 is 2.47 bits per heavy atom. The molecule has 0 radical (unpaired) electrons. The van der Waals surface area contributed by atoms with E-state index in [1.807, 2.05) is 26.0 Å². The van der Waals surface area contributed by atoms with Crippen LogP contribution in [0.5, 0.6) is 11.5 Å². The number of hydrogen-bond acceptors (Lipinski definition) is 4. The molecule has 0 aliphatic rings. The van der Waals surface area contributed by atoms with Crippen molar-refractivity contribution in [1.82, 2.24) is 0 Å². The van der Waals surface area contributed by atoms with Crippen molar-refractivity contribution in [3.05, 3.63) is 23.3 Å². The van der Waals surface area contributed by atoms with Gasteiger partial charge in [-0.3, -0.25) is 0 Å². The van der Waals surface area contributed by atoms with Crippen molar-refractivity contribution in [3.63, 3.8) is 0 Å². The van der Waals surface area contributed by atoms with Gasteiger partial charge in [-0.2, -0.15) is 0 Å². The van der Waals surface area contributed by atoms with Crippen LogP contribution in [0, 0.1) is 6.92 Å². The predicted molar refractivity (Wildman–Crippen MR) is 67.7 cm³/mol. The van der Waals surface area contributed by atoms with Crippen molar-refractivity contribution in [1.29, 1.82) is 0 Å². The summed E-state index contributed by atoms with van der Waals surface area (Å²) in [4.78, 5) is 0. The molecule has 0 fully saturated rings. The Morgan fingerprint density at radius 2 is 1.94 bits per heavy atom. The molecule has 0 aliphatic carbocycles. The minimum absolute atomic E-state index is 0.0434. The number of hydrogen-bond donors (Lipinski definition) is 1. The summed E-state index contributed by atoms with van der Waals surface area (Å²) < 4.78 is 16.3. The van der Waals surface area contributed by atoms with E-state index in [0.29, 0.717) is 13.2 Å². The first kappa shape index (κ1) is 13.8. The predicted octanol–water partition coefficient (Wildman–Crippen LogP) is 2.05. The molecule has 0 bridgehead atoms. The van der Waals surface area contributed by atoms with Gasteiger partial charge in [0.1, 0.15) is 11.5 Å². The summed E-state index contributed by atoms with van der Waals surface area (Å²) in [6.07, 6.45) is -0.0434. The molecule has 2 N–H and O–H groups in total. The zero-order valence-electron chi connectivity index (χ0n) is 10.9. The normalized spacial score (nSPS) is 12.3. The lowest BCUT2D eigenvalue weighted by Gasteiger charge is -2.19. The molecule has 96 valence electrons. The fourth-order valence-corrected chi connectivity index (χ4v) is 1.84. The monoisotopic (exact) mass is 239 g/mol. The van der Waals surface area contributed by atoms with E-state index in [0.717, 1.165) is 22.6 Å². The standard InChI is InChI=1S/C13H21NO3/c1-9-12(15-3)6-5-11(13(9)16-4)10(2)17-8-7-14/h5-6,10H,7-8,14H2,1-4H3. The van der Waals surface area contributed by atoms with Crippen LogP contribution in [-0.4, -0.2) is 27.4 Å². The molecular formula is C13H21NO3. The highest BCUT2D eigenvalue weighted by atomic mass is 16.5. The summed E-state index contributed by atoms with van der Waals surface area (Å²) in [6.45, 7) is 5.01. The van der Waals surface area contributed by atoms with Gasteiger partial charge in [0, 0.05) is 17.7 Å². The molecule has 17 heavy (non-hydrogen) atoms. The fourth-order valence-electron chi connectivity index (χ4n) is 1.84. The van der Waals surface area contributed by atoms with Crippen LogP contribution in [-0.2, 0) is 4.74 Å². The number of nitrogens with two attached hydrogens (primary N) is 1. The van der Waals surface area contributed by atoms with Crippen molar-refractivity contribution >= 4 is 0 Å². The Hall–Kier alpha value is -1.26. The van der Waals surface area contributed by atoms with E-state index < -0.39 is 0 Å². The first-order valence-electron chi connectivity index (χ1n) is 5.68. The van der Waals surface area contributed by atoms with Gasteiger partial charge in [0.2, 0.25) is 0 Å². The van der Waals surface area contributed by atoms with Gasteiger partial charge in [-0.05, 0) is 26.0 Å². The quantitative estimate of drug-likeness (QED) is 0.825. The first-order chi connectivity index (χ1) is 8.15. The van der Waals surface area contributed by atoms with Gasteiger partial charge in [-0.25, -0.2) is 0 Å². The Labute approximate surface area is 103 Å². The van der Waals surface area contributed by atoms with E-state index in [2.05, 4.69) is 0 Å². The van der Waals surface area contributed by atoms with Crippen LogP contribution in [0.4, 0.5) is 0 Å². The van der Waals surface area contributed by atoms with Gasteiger partial charge in [-0.15, -0.1) is 0 Å². The smallest absolute Gasteiger partial charge is 0.131 e. The van der Waals surface area contributed by atoms with E-state index in [1.54, 1.807) is 14.2 Å². The number of methoxy groups -OCH3 is 2. The topological polar surface area (TPSA) is 53.7 Å². The lowest BCUT2D eigenvalue weighted by atomic mass is 10.0. The minimum atomic E-state index is -0.0434. The maximum atomic E-state index is 5.60. The maximum absolute atomic E-state index is 5.60. The summed E-state index contributed by atoms with van der Waals surface area (Å²) in [5.74, 6) is 1.63. The molecule has 0 amide bonds. The molecule has 0 heterocycles. The molecule has 0 aromatic heterocycles. The molecule has 1 rings (SSSR count). The van der Waals surface area contributed by atoms with Crippen molar-refractivity contribution < 1.29 is 14.2 Å². The van der Waals surface area contributed by atoms with E-state index >= 15 is 0 Å². The SMILES string of the molecule is COc1ccc(C(C)OCCN)c(OC)c1C. The Bertz CT molecular complexity index is 366. The Kier molecular flexibility index (Phi) is 5.25. The first-order valence-corrected chi connectivity index (χ1v) is 5.68. The molecule has 1 aromatic carbocycles. The highest BCUT2D eigenvalue weighted by Gasteiger charge is 2.16. The van der Waals surface area contributed by atoms with Crippen molar-refractivity contribution in [2.45, 2.75) is 20.0 Å². The van der Waals surface area contributed by atoms with Crippen LogP contribution in [0.2, 0.25) is 0 Å². The molecule has 1 unspecified atom stereocenters. The molecule has 0 aliphatic heterocycles. The van der Waals surface area contributed by atoms with E-state index in [4.69, 9.17) is 19.9 Å². The third-order valence-corrected chi connectivity index (χ3v) is 2.73. The summed E-state index contributed by atoms with van der Waals surface area (Å²) in [7, 11) is 3.30. The van der Waals surface area contributed by atoms with Crippen LogP contribution in [0.3, 0.4) is 0 Å². The number of ether oxygens (including phenoxy) is 3. The largest absolute Gasteiger partial charge is 0.496 e. The molecule has 1 aromatic rings. The maximum Gasteiger partial charge on any atom is 0.131 e. The second kappa shape index (κ2) is 6.47. The lowest BCUT2D eigenvalue weighted by molar-refractivity contribution is 0.0698. The van der Waals surface area contributed by atoms with Crippen LogP contribution >= 0.6 is 0 Å². The van der Waals surface area contributed by atoms with Gasteiger partial charge in [0.25, 0.3) is 0 Å². The van der Waals surface area contributed by atoms with Crippen LogP contribution < -0.4 is 15.2 Å². The Morgan fingerprint density at radius 1 is 1.24 bits per heavy atom. The third-order valence-electron chi connectivity index (χ3n) is 2.73. The molecule has 4 heteroatoms. The van der Waals surface area contributed by atoms with Gasteiger partial charge in [0.05, 0.1) is 26.9 Å². The second-order valence-corrected chi connectivity index (χ2v) is 3.82. The fraction of sp³-hybridized carbons (Fsp3) is 0.538. The average molecular weight is 239 g/mol. The van der Waals surface area contributed by atoms with E-state index in [9.17, 15) is 0 Å². The van der Waals surface area contributed by atoms with E-state index in [1.165, 1.54) is 0 Å². The highest BCUT2D eigenvalue weighted by molar-refractivity contribution is 5.50. The van der Waals surface area contributed by atoms with Crippen LogP contribution in [0.1, 0.15) is 24.2 Å². The van der Waals surface area contributed by atoms with Crippen LogP contribution in [0.25, 0.3) is 0 Å². The zero-order chi connectivity index (χ0) is 12.8. The summed E-state index contributed by atoms with van der Waals surface area (Å²) in [5, 5.41) is 0. The van der Waals surface area contributed by atoms with Crippen molar-refractivity contribution in [2.75, 3.05) is 27.4 Å². The molecule has 0 saturated carbocycles. The van der Waals surface area contributed by atoms with Crippen molar-refractivity contribution in [3.8, 4) is 11.5 Å². The lowest BCUT2D eigenvalue weighted by Crippen LogP contribution is -2.12. The van der Waals surface area contributed by atoms with Crippen molar-refractivity contribution in [2.24, 2.45) is 5.73 Å². The molecule has 4 nitrogen and oxygen atoms in total. The number of benzene rings is 1. The van der Waals surface area contributed by atoms with Crippen LogP contribution in [0.15, 0.2) is 12.1 Å². The highest BCUT2D eigenvalue weighted by Crippen LogP contribution is 2.35.